The second-order valence-electron chi connectivity index (χ2n) is 7.21. The number of aromatic nitrogens is 3. The minimum Gasteiger partial charge on any atom is -0.507 e. The standard InChI is InChI=1S/C21H24N6O3S/c22-17(5-8-28)15-11-16(19(29)12-18(15)23)20-24-25-21(31)27(20)14-3-1-13(2-4-14)26-6-9-30-10-7-26/h1-4,11-12,22,28-29H,5-10,23H2,(H,25,31). The van der Waals surface area contributed by atoms with Gasteiger partial charge in [-0.25, -0.2) is 0 Å². The van der Waals surface area contributed by atoms with Gasteiger partial charge in [0.25, 0.3) is 0 Å². The number of ether oxygens (including phenoxy) is 1. The number of benzene rings is 2. The fraction of sp³-hybridized carbons (Fsp3) is 0.286. The van der Waals surface area contributed by atoms with Crippen LogP contribution in [0.25, 0.3) is 17.1 Å². The van der Waals surface area contributed by atoms with Gasteiger partial charge in [0.1, 0.15) is 5.75 Å². The molecular formula is C21H24N6O3S. The summed E-state index contributed by atoms with van der Waals surface area (Å²) in [7, 11) is 0. The zero-order valence-corrected chi connectivity index (χ0v) is 17.7. The largest absolute Gasteiger partial charge is 0.507 e. The summed E-state index contributed by atoms with van der Waals surface area (Å²) >= 11 is 5.44. The molecule has 10 heteroatoms. The van der Waals surface area contributed by atoms with E-state index in [1.165, 1.54) is 6.07 Å². The SMILES string of the molecule is N=C(CCO)c1cc(-c2n[nH]c(=S)n2-c2ccc(N3CCOCC3)cc2)c(O)cc1N. The minimum absolute atomic E-state index is 0.0711. The number of nitrogen functional groups attached to an aromatic ring is 1. The lowest BCUT2D eigenvalue weighted by atomic mass is 10.0. The first-order valence-electron chi connectivity index (χ1n) is 9.91. The highest BCUT2D eigenvalue weighted by molar-refractivity contribution is 7.71. The van der Waals surface area contributed by atoms with E-state index in [4.69, 9.17) is 33.2 Å². The maximum absolute atomic E-state index is 10.6. The molecule has 6 N–H and O–H groups in total. The average Bonchev–Trinajstić information content (AvgIpc) is 3.15. The Hall–Kier alpha value is -3.21. The van der Waals surface area contributed by atoms with Gasteiger partial charge in [0, 0.05) is 54.8 Å². The number of nitrogens with zero attached hydrogens (tertiary/aromatic N) is 3. The monoisotopic (exact) mass is 440 g/mol. The molecule has 0 bridgehead atoms. The highest BCUT2D eigenvalue weighted by Crippen LogP contribution is 2.34. The van der Waals surface area contributed by atoms with E-state index < -0.39 is 0 Å². The predicted molar refractivity (Wildman–Crippen MR) is 122 cm³/mol. The number of hydrogen-bond donors (Lipinski definition) is 5. The van der Waals surface area contributed by atoms with Crippen molar-refractivity contribution in [1.82, 2.24) is 14.8 Å². The van der Waals surface area contributed by atoms with Gasteiger partial charge >= 0.3 is 0 Å². The number of rotatable bonds is 6. The molecule has 0 spiro atoms. The second-order valence-corrected chi connectivity index (χ2v) is 7.60. The molecule has 1 saturated heterocycles. The van der Waals surface area contributed by atoms with Crippen LogP contribution in [0.3, 0.4) is 0 Å². The first-order valence-corrected chi connectivity index (χ1v) is 10.3. The van der Waals surface area contributed by atoms with Crippen LogP contribution in [0.2, 0.25) is 0 Å². The van der Waals surface area contributed by atoms with E-state index in [-0.39, 0.29) is 30.2 Å². The third kappa shape index (κ3) is 4.18. The number of hydrogen-bond acceptors (Lipinski definition) is 8. The molecule has 0 aliphatic carbocycles. The van der Waals surface area contributed by atoms with Crippen LogP contribution in [0.15, 0.2) is 36.4 Å². The number of morpholine rings is 1. The van der Waals surface area contributed by atoms with Gasteiger partial charge in [-0.2, -0.15) is 5.10 Å². The molecule has 162 valence electrons. The van der Waals surface area contributed by atoms with Gasteiger partial charge in [-0.15, -0.1) is 0 Å². The summed E-state index contributed by atoms with van der Waals surface area (Å²) in [5.41, 5.74) is 9.13. The number of aliphatic hydroxyl groups is 1. The number of aromatic amines is 1. The number of H-pyrrole nitrogens is 1. The van der Waals surface area contributed by atoms with E-state index in [0.717, 1.165) is 24.5 Å². The highest BCUT2D eigenvalue weighted by Gasteiger charge is 2.19. The van der Waals surface area contributed by atoms with Crippen molar-refractivity contribution in [3.63, 3.8) is 0 Å². The number of anilines is 2. The summed E-state index contributed by atoms with van der Waals surface area (Å²) in [6.45, 7) is 2.95. The Morgan fingerprint density at radius 1 is 1.19 bits per heavy atom. The van der Waals surface area contributed by atoms with E-state index in [1.807, 2.05) is 24.3 Å². The van der Waals surface area contributed by atoms with Crippen molar-refractivity contribution in [1.29, 1.82) is 5.41 Å². The number of phenols is 1. The van der Waals surface area contributed by atoms with E-state index in [9.17, 15) is 5.11 Å². The Bertz CT molecular complexity index is 1150. The van der Waals surface area contributed by atoms with Gasteiger partial charge in [0.05, 0.1) is 24.5 Å². The highest BCUT2D eigenvalue weighted by atomic mass is 32.1. The molecule has 1 fully saturated rings. The number of nitrogens with two attached hydrogens (primary N) is 1. The lowest BCUT2D eigenvalue weighted by molar-refractivity contribution is 0.122. The summed E-state index contributed by atoms with van der Waals surface area (Å²) in [6.07, 6.45) is 0.157. The Morgan fingerprint density at radius 2 is 1.87 bits per heavy atom. The van der Waals surface area contributed by atoms with Crippen molar-refractivity contribution in [2.45, 2.75) is 6.42 Å². The van der Waals surface area contributed by atoms with E-state index in [2.05, 4.69) is 15.1 Å². The van der Waals surface area contributed by atoms with Crippen molar-refractivity contribution in [3.8, 4) is 22.8 Å². The zero-order valence-electron chi connectivity index (χ0n) is 16.8. The normalized spacial score (nSPS) is 14.0. The van der Waals surface area contributed by atoms with Crippen LogP contribution < -0.4 is 10.6 Å². The van der Waals surface area contributed by atoms with Crippen LogP contribution in [0.4, 0.5) is 11.4 Å². The molecule has 1 aliphatic heterocycles. The third-order valence-electron chi connectivity index (χ3n) is 5.25. The molecule has 4 rings (SSSR count). The quantitative estimate of drug-likeness (QED) is 0.226. The summed E-state index contributed by atoms with van der Waals surface area (Å²) in [4.78, 5) is 2.26. The van der Waals surface area contributed by atoms with Gasteiger partial charge in [-0.3, -0.25) is 9.67 Å². The van der Waals surface area contributed by atoms with Gasteiger partial charge in [0.15, 0.2) is 10.6 Å². The Kier molecular flexibility index (Phi) is 6.03. The molecule has 3 aromatic rings. The third-order valence-corrected chi connectivity index (χ3v) is 5.53. The summed E-state index contributed by atoms with van der Waals surface area (Å²) in [5, 5.41) is 35.0. The van der Waals surface area contributed by atoms with Crippen molar-refractivity contribution in [2.24, 2.45) is 0 Å². The minimum atomic E-state index is -0.164. The molecule has 1 aliphatic rings. The van der Waals surface area contributed by atoms with Crippen molar-refractivity contribution in [2.75, 3.05) is 43.5 Å². The Balaban J connectivity index is 1.74. The predicted octanol–water partition coefficient (Wildman–Crippen LogP) is 2.47. The summed E-state index contributed by atoms with van der Waals surface area (Å²) < 4.78 is 7.51. The Labute approximate surface area is 184 Å². The lowest BCUT2D eigenvalue weighted by Crippen LogP contribution is -2.36. The maximum Gasteiger partial charge on any atom is 0.200 e. The van der Waals surface area contributed by atoms with Crippen molar-refractivity contribution in [3.05, 3.63) is 46.7 Å². The van der Waals surface area contributed by atoms with Crippen LogP contribution in [0, 0.1) is 10.2 Å². The zero-order chi connectivity index (χ0) is 22.0. The number of phenolic OH excluding ortho intramolecular Hbond substituents is 1. The Morgan fingerprint density at radius 3 is 2.55 bits per heavy atom. The van der Waals surface area contributed by atoms with E-state index >= 15 is 0 Å². The topological polar surface area (TPSA) is 136 Å². The van der Waals surface area contributed by atoms with Crippen LogP contribution in [-0.4, -0.2) is 63.6 Å². The van der Waals surface area contributed by atoms with Crippen LogP contribution in [-0.2, 0) is 4.74 Å². The molecule has 2 aromatic carbocycles. The maximum atomic E-state index is 10.6. The summed E-state index contributed by atoms with van der Waals surface area (Å²) in [5.74, 6) is 0.331. The first-order chi connectivity index (χ1) is 15.0. The molecule has 0 unspecified atom stereocenters. The molecule has 0 atom stereocenters. The molecule has 0 saturated carbocycles. The summed E-state index contributed by atoms with van der Waals surface area (Å²) in [6, 6.07) is 10.9. The van der Waals surface area contributed by atoms with Crippen molar-refractivity contribution >= 4 is 29.3 Å². The van der Waals surface area contributed by atoms with E-state index in [0.29, 0.717) is 34.9 Å². The fourth-order valence-corrected chi connectivity index (χ4v) is 3.88. The number of aliphatic hydroxyl groups excluding tert-OH is 1. The molecule has 0 amide bonds. The molecular weight excluding hydrogens is 416 g/mol. The number of nitrogens with one attached hydrogen (secondary N) is 2. The van der Waals surface area contributed by atoms with Gasteiger partial charge < -0.3 is 31.0 Å². The lowest BCUT2D eigenvalue weighted by Gasteiger charge is -2.29. The van der Waals surface area contributed by atoms with Gasteiger partial charge in [-0.05, 0) is 42.5 Å². The molecule has 31 heavy (non-hydrogen) atoms. The van der Waals surface area contributed by atoms with Crippen LogP contribution >= 0.6 is 12.2 Å². The van der Waals surface area contributed by atoms with Crippen LogP contribution in [0.5, 0.6) is 5.75 Å². The molecule has 9 nitrogen and oxygen atoms in total. The van der Waals surface area contributed by atoms with Gasteiger partial charge in [0.2, 0.25) is 0 Å². The van der Waals surface area contributed by atoms with Crippen LogP contribution in [0.1, 0.15) is 12.0 Å². The molecule has 1 aromatic heterocycles. The first kappa shape index (κ1) is 21.0. The van der Waals surface area contributed by atoms with Crippen molar-refractivity contribution < 1.29 is 14.9 Å². The fourth-order valence-electron chi connectivity index (χ4n) is 3.64. The van der Waals surface area contributed by atoms with E-state index in [1.54, 1.807) is 10.6 Å². The molecule has 0 radical (unpaired) electrons. The smallest absolute Gasteiger partial charge is 0.200 e. The van der Waals surface area contributed by atoms with Gasteiger partial charge in [-0.1, -0.05) is 0 Å². The molecule has 2 heterocycles. The second kappa shape index (κ2) is 8.88. The number of aromatic hydroxyl groups is 1. The average molecular weight is 441 g/mol.